The molecule has 0 saturated carbocycles. The van der Waals surface area contributed by atoms with E-state index in [0.29, 0.717) is 18.4 Å². The summed E-state index contributed by atoms with van der Waals surface area (Å²) < 4.78 is 2.19. The summed E-state index contributed by atoms with van der Waals surface area (Å²) in [6.45, 7) is 0. The standard InChI is InChI=1S/C29H26N4O/c34-28(23-18-30-21-31-19-23)17-16-27-20-33(22-32-27)29(24-10-4-1-5-11-24,25-12-6-2-7-13-25)26-14-8-3-9-15-26/h1-15,18-22,28,34H,16-17H2. The lowest BCUT2D eigenvalue weighted by Crippen LogP contribution is -2.36. The second kappa shape index (κ2) is 9.81. The summed E-state index contributed by atoms with van der Waals surface area (Å²) in [6.07, 6.45) is 9.32. The Morgan fingerprint density at radius 2 is 1.24 bits per heavy atom. The summed E-state index contributed by atoms with van der Waals surface area (Å²) in [5.41, 5.74) is 4.51. The van der Waals surface area contributed by atoms with Crippen molar-refractivity contribution >= 4 is 0 Å². The van der Waals surface area contributed by atoms with E-state index in [2.05, 4.69) is 93.5 Å². The summed E-state index contributed by atoms with van der Waals surface area (Å²) in [4.78, 5) is 12.8. The van der Waals surface area contributed by atoms with Crippen LogP contribution in [0, 0.1) is 0 Å². The molecule has 0 aliphatic rings. The SMILES string of the molecule is OC(CCc1cn(C(c2ccccc2)(c2ccccc2)c2ccccc2)cn1)c1cncnc1. The molecule has 0 radical (unpaired) electrons. The van der Waals surface area contributed by atoms with Gasteiger partial charge in [-0.15, -0.1) is 0 Å². The molecule has 3 aromatic carbocycles. The number of imidazole rings is 1. The van der Waals surface area contributed by atoms with Crippen LogP contribution in [-0.4, -0.2) is 24.6 Å². The van der Waals surface area contributed by atoms with E-state index in [-0.39, 0.29) is 0 Å². The van der Waals surface area contributed by atoms with Crippen LogP contribution in [0.15, 0.2) is 122 Å². The molecule has 0 aliphatic heterocycles. The molecule has 5 aromatic rings. The number of hydrogen-bond donors (Lipinski definition) is 1. The van der Waals surface area contributed by atoms with Gasteiger partial charge in [-0.25, -0.2) is 15.0 Å². The maximum Gasteiger partial charge on any atom is 0.121 e. The molecule has 0 spiro atoms. The minimum Gasteiger partial charge on any atom is -0.388 e. The largest absolute Gasteiger partial charge is 0.388 e. The smallest absolute Gasteiger partial charge is 0.121 e. The number of aryl methyl sites for hydroxylation is 1. The molecule has 0 bridgehead atoms. The number of aromatic nitrogens is 4. The fraction of sp³-hybridized carbons (Fsp3) is 0.138. The Hall–Kier alpha value is -4.09. The third kappa shape index (κ3) is 4.14. The van der Waals surface area contributed by atoms with Gasteiger partial charge in [0, 0.05) is 24.2 Å². The molecule has 5 nitrogen and oxygen atoms in total. The maximum absolute atomic E-state index is 10.6. The molecule has 0 aliphatic carbocycles. The van der Waals surface area contributed by atoms with Gasteiger partial charge in [-0.05, 0) is 29.5 Å². The molecule has 0 amide bonds. The summed E-state index contributed by atoms with van der Waals surface area (Å²) in [5.74, 6) is 0. The molecule has 0 saturated heterocycles. The fourth-order valence-electron chi connectivity index (χ4n) is 4.60. The van der Waals surface area contributed by atoms with E-state index in [4.69, 9.17) is 4.98 Å². The van der Waals surface area contributed by atoms with E-state index >= 15 is 0 Å². The zero-order chi connectivity index (χ0) is 23.2. The molecule has 0 fully saturated rings. The lowest BCUT2D eigenvalue weighted by atomic mass is 9.77. The van der Waals surface area contributed by atoms with Crippen molar-refractivity contribution in [3.8, 4) is 0 Å². The molecule has 34 heavy (non-hydrogen) atoms. The van der Waals surface area contributed by atoms with Gasteiger partial charge in [-0.3, -0.25) is 0 Å². The zero-order valence-electron chi connectivity index (χ0n) is 18.8. The Bertz CT molecular complexity index is 1210. The molecule has 5 rings (SSSR count). The average Bonchev–Trinajstić information content (AvgIpc) is 3.39. The van der Waals surface area contributed by atoms with E-state index in [1.807, 2.05) is 24.5 Å². The number of rotatable bonds is 8. The van der Waals surface area contributed by atoms with Crippen LogP contribution in [0.5, 0.6) is 0 Å². The van der Waals surface area contributed by atoms with Gasteiger partial charge in [-0.2, -0.15) is 0 Å². The first-order valence-electron chi connectivity index (χ1n) is 11.4. The van der Waals surface area contributed by atoms with Gasteiger partial charge in [0.2, 0.25) is 0 Å². The molecule has 2 aromatic heterocycles. The van der Waals surface area contributed by atoms with Gasteiger partial charge in [0.05, 0.1) is 18.1 Å². The fourth-order valence-corrected chi connectivity index (χ4v) is 4.60. The summed E-state index contributed by atoms with van der Waals surface area (Å²) >= 11 is 0. The van der Waals surface area contributed by atoms with Crippen LogP contribution in [0.1, 0.15) is 40.5 Å². The highest BCUT2D eigenvalue weighted by Crippen LogP contribution is 2.40. The van der Waals surface area contributed by atoms with Crippen molar-refractivity contribution in [3.63, 3.8) is 0 Å². The second-order valence-corrected chi connectivity index (χ2v) is 8.31. The molecule has 2 heterocycles. The topological polar surface area (TPSA) is 63.8 Å². The Balaban J connectivity index is 1.58. The minimum atomic E-state index is -0.631. The van der Waals surface area contributed by atoms with E-state index in [1.54, 1.807) is 12.4 Å². The molecule has 1 atom stereocenters. The average molecular weight is 447 g/mol. The van der Waals surface area contributed by atoms with Crippen molar-refractivity contribution in [1.29, 1.82) is 0 Å². The van der Waals surface area contributed by atoms with Crippen molar-refractivity contribution in [2.45, 2.75) is 24.5 Å². The van der Waals surface area contributed by atoms with Crippen LogP contribution in [0.25, 0.3) is 0 Å². The van der Waals surface area contributed by atoms with Crippen molar-refractivity contribution in [1.82, 2.24) is 19.5 Å². The third-order valence-electron chi connectivity index (χ3n) is 6.24. The van der Waals surface area contributed by atoms with Crippen LogP contribution < -0.4 is 0 Å². The highest BCUT2D eigenvalue weighted by atomic mass is 16.3. The third-order valence-corrected chi connectivity index (χ3v) is 6.24. The highest BCUT2D eigenvalue weighted by molar-refractivity contribution is 5.50. The predicted octanol–water partition coefficient (Wildman–Crippen LogP) is 5.18. The first-order valence-corrected chi connectivity index (χ1v) is 11.4. The first-order chi connectivity index (χ1) is 16.8. The quantitative estimate of drug-likeness (QED) is 0.334. The van der Waals surface area contributed by atoms with Gasteiger partial charge < -0.3 is 9.67 Å². The van der Waals surface area contributed by atoms with Gasteiger partial charge in [0.25, 0.3) is 0 Å². The lowest BCUT2D eigenvalue weighted by molar-refractivity contribution is 0.166. The molecule has 5 heteroatoms. The Labute approximate surface area is 199 Å². The van der Waals surface area contributed by atoms with Crippen LogP contribution in [0.2, 0.25) is 0 Å². The van der Waals surface area contributed by atoms with E-state index in [9.17, 15) is 5.11 Å². The molecule has 1 N–H and O–H groups in total. The zero-order valence-corrected chi connectivity index (χ0v) is 18.8. The van der Waals surface area contributed by atoms with Crippen LogP contribution >= 0.6 is 0 Å². The minimum absolute atomic E-state index is 0.541. The van der Waals surface area contributed by atoms with E-state index in [0.717, 1.165) is 22.4 Å². The molecule has 168 valence electrons. The van der Waals surface area contributed by atoms with Crippen molar-refractivity contribution in [3.05, 3.63) is 150 Å². The lowest BCUT2D eigenvalue weighted by Gasteiger charge is -2.37. The number of nitrogens with zero attached hydrogens (tertiary/aromatic N) is 4. The van der Waals surface area contributed by atoms with Gasteiger partial charge in [0.15, 0.2) is 0 Å². The molecular weight excluding hydrogens is 420 g/mol. The van der Waals surface area contributed by atoms with Crippen molar-refractivity contribution < 1.29 is 5.11 Å². The molecular formula is C29H26N4O. The second-order valence-electron chi connectivity index (χ2n) is 8.31. The Morgan fingerprint density at radius 1 is 0.735 bits per heavy atom. The van der Waals surface area contributed by atoms with Crippen LogP contribution in [0.4, 0.5) is 0 Å². The Morgan fingerprint density at radius 3 is 1.74 bits per heavy atom. The van der Waals surface area contributed by atoms with Gasteiger partial charge in [-0.1, -0.05) is 91.0 Å². The predicted molar refractivity (Wildman–Crippen MR) is 132 cm³/mol. The summed E-state index contributed by atoms with van der Waals surface area (Å²) in [5, 5.41) is 10.6. The Kier molecular flexibility index (Phi) is 6.27. The van der Waals surface area contributed by atoms with E-state index < -0.39 is 11.6 Å². The van der Waals surface area contributed by atoms with E-state index in [1.165, 1.54) is 6.33 Å². The van der Waals surface area contributed by atoms with Crippen molar-refractivity contribution in [2.24, 2.45) is 0 Å². The van der Waals surface area contributed by atoms with Crippen LogP contribution in [0.3, 0.4) is 0 Å². The first kappa shape index (κ1) is 21.7. The van der Waals surface area contributed by atoms with Gasteiger partial charge in [0.1, 0.15) is 11.9 Å². The van der Waals surface area contributed by atoms with Crippen LogP contribution in [-0.2, 0) is 12.0 Å². The number of aliphatic hydroxyl groups is 1. The summed E-state index contributed by atoms with van der Waals surface area (Å²) in [6, 6.07) is 31.6. The number of hydrogen-bond acceptors (Lipinski definition) is 4. The highest BCUT2D eigenvalue weighted by Gasteiger charge is 2.38. The maximum atomic E-state index is 10.6. The normalized spacial score (nSPS) is 12.4. The van der Waals surface area contributed by atoms with Gasteiger partial charge >= 0.3 is 0 Å². The monoisotopic (exact) mass is 446 g/mol. The van der Waals surface area contributed by atoms with Crippen molar-refractivity contribution in [2.75, 3.05) is 0 Å². The summed E-state index contributed by atoms with van der Waals surface area (Å²) in [7, 11) is 0. The number of benzene rings is 3. The number of aliphatic hydroxyl groups excluding tert-OH is 1. The molecule has 1 unspecified atom stereocenters.